The molecule has 0 radical (unpaired) electrons. The van der Waals surface area contributed by atoms with Gasteiger partial charge in [-0.2, -0.15) is 4.98 Å². The molecular formula is C48H55N11O4. The van der Waals surface area contributed by atoms with Crippen LogP contribution in [0, 0.1) is 12.8 Å². The van der Waals surface area contributed by atoms with Gasteiger partial charge in [-0.05, 0) is 92.3 Å². The number of benzene rings is 3. The van der Waals surface area contributed by atoms with Gasteiger partial charge in [-0.3, -0.25) is 24.7 Å². The Balaban J connectivity index is 0.789. The van der Waals surface area contributed by atoms with E-state index in [0.29, 0.717) is 24.7 Å². The number of nitrogens with one attached hydrogen (secondary N) is 3. The zero-order valence-electron chi connectivity index (χ0n) is 36.6. The van der Waals surface area contributed by atoms with Crippen molar-refractivity contribution in [1.82, 2.24) is 40.6 Å². The van der Waals surface area contributed by atoms with Gasteiger partial charge in [0.25, 0.3) is 0 Å². The van der Waals surface area contributed by atoms with Gasteiger partial charge in [0.2, 0.25) is 5.91 Å². The number of aromatic nitrogens is 5. The van der Waals surface area contributed by atoms with Crippen LogP contribution in [0.25, 0.3) is 33.5 Å². The van der Waals surface area contributed by atoms with E-state index in [1.54, 1.807) is 11.2 Å². The Labute approximate surface area is 367 Å². The lowest BCUT2D eigenvalue weighted by molar-refractivity contribution is -0.120. The third-order valence-electron chi connectivity index (χ3n) is 12.7. The number of aryl methyl sites for hydroxylation is 1. The molecule has 0 bridgehead atoms. The van der Waals surface area contributed by atoms with Crippen LogP contribution in [-0.4, -0.2) is 100 Å². The van der Waals surface area contributed by atoms with Gasteiger partial charge in [0, 0.05) is 103 Å². The monoisotopic (exact) mass is 849 g/mol. The summed E-state index contributed by atoms with van der Waals surface area (Å²) in [6.45, 7) is 17.5. The maximum atomic E-state index is 13.0. The summed E-state index contributed by atoms with van der Waals surface area (Å²) in [5.41, 5.74) is 9.55. The molecule has 326 valence electrons. The fraction of sp³-hybridized carbons (Fsp3) is 0.396. The maximum Gasteiger partial charge on any atom is 0.328 e. The largest absolute Gasteiger partial charge is 0.372 e. The number of rotatable bonds is 10. The summed E-state index contributed by atoms with van der Waals surface area (Å²) in [6.07, 6.45) is 4.23. The second-order valence-corrected chi connectivity index (χ2v) is 18.1. The second-order valence-electron chi connectivity index (χ2n) is 18.1. The van der Waals surface area contributed by atoms with Crippen molar-refractivity contribution in [2.24, 2.45) is 5.92 Å². The van der Waals surface area contributed by atoms with Gasteiger partial charge >= 0.3 is 17.8 Å². The van der Waals surface area contributed by atoms with Gasteiger partial charge in [0.1, 0.15) is 12.0 Å². The van der Waals surface area contributed by atoms with E-state index in [4.69, 9.17) is 9.51 Å². The Morgan fingerprint density at radius 3 is 2.32 bits per heavy atom. The van der Waals surface area contributed by atoms with E-state index in [2.05, 4.69) is 94.0 Å². The van der Waals surface area contributed by atoms with Crippen LogP contribution in [-0.2, 0) is 10.2 Å². The minimum atomic E-state index is -0.406. The second kappa shape index (κ2) is 17.3. The number of imide groups is 1. The Kier molecular flexibility index (Phi) is 11.4. The van der Waals surface area contributed by atoms with Crippen molar-refractivity contribution in [3.05, 3.63) is 102 Å². The molecule has 3 aromatic carbocycles. The molecule has 63 heavy (non-hydrogen) atoms. The summed E-state index contributed by atoms with van der Waals surface area (Å²) < 4.78 is 5.26. The zero-order chi connectivity index (χ0) is 43.8. The molecule has 3 fully saturated rings. The highest BCUT2D eigenvalue weighted by atomic mass is 16.5. The molecule has 0 unspecified atom stereocenters. The van der Waals surface area contributed by atoms with E-state index in [9.17, 15) is 14.4 Å². The number of amides is 4. The summed E-state index contributed by atoms with van der Waals surface area (Å²) in [6, 6.07) is 24.6. The molecule has 1 atom stereocenters. The zero-order valence-corrected chi connectivity index (χ0v) is 36.6. The molecule has 15 nitrogen and oxygen atoms in total. The first-order valence-corrected chi connectivity index (χ1v) is 22.0. The molecule has 3 aliphatic rings. The molecule has 0 aliphatic carbocycles. The third kappa shape index (κ3) is 9.01. The predicted octanol–water partition coefficient (Wildman–Crippen LogP) is 7.26. The molecule has 0 spiro atoms. The van der Waals surface area contributed by atoms with Crippen LogP contribution in [0.15, 0.2) is 83.6 Å². The average molecular weight is 850 g/mol. The number of carbonyl (C=O) groups excluding carboxylic acids is 3. The smallest absolute Gasteiger partial charge is 0.328 e. The highest BCUT2D eigenvalue weighted by Crippen LogP contribution is 2.34. The first-order valence-electron chi connectivity index (χ1n) is 22.0. The van der Waals surface area contributed by atoms with Gasteiger partial charge < -0.3 is 24.6 Å². The van der Waals surface area contributed by atoms with Crippen molar-refractivity contribution < 1.29 is 18.9 Å². The summed E-state index contributed by atoms with van der Waals surface area (Å²) in [5, 5.41) is 10.3. The van der Waals surface area contributed by atoms with Crippen LogP contribution in [0.4, 0.5) is 21.9 Å². The Morgan fingerprint density at radius 2 is 1.60 bits per heavy atom. The number of anilines is 3. The number of hydrogen-bond acceptors (Lipinski definition) is 11. The molecule has 4 amide bonds. The van der Waals surface area contributed by atoms with E-state index in [0.717, 1.165) is 109 Å². The number of piperidine rings is 1. The molecule has 6 aromatic rings. The normalized spacial score (nSPS) is 17.3. The van der Waals surface area contributed by atoms with Crippen molar-refractivity contribution in [3.63, 3.8) is 0 Å². The molecule has 3 N–H and O–H groups in total. The number of aromatic amines is 1. The van der Waals surface area contributed by atoms with Crippen LogP contribution in [0.3, 0.4) is 0 Å². The minimum absolute atomic E-state index is 0.0459. The quantitative estimate of drug-likeness (QED) is 0.127. The lowest BCUT2D eigenvalue weighted by atomic mass is 9.95. The molecule has 9 rings (SSSR count). The molecule has 15 heteroatoms. The van der Waals surface area contributed by atoms with E-state index in [-0.39, 0.29) is 29.3 Å². The molecule has 3 aliphatic heterocycles. The fourth-order valence-electron chi connectivity index (χ4n) is 9.04. The maximum absolute atomic E-state index is 13.0. The lowest BCUT2D eigenvalue weighted by Crippen LogP contribution is -2.49. The number of nitrogens with zero attached hydrogens (tertiary/aromatic N) is 8. The van der Waals surface area contributed by atoms with Gasteiger partial charge in [0.15, 0.2) is 5.82 Å². The molecule has 3 aromatic heterocycles. The number of H-pyrrole nitrogens is 1. The Bertz CT molecular complexity index is 2630. The van der Waals surface area contributed by atoms with Crippen molar-refractivity contribution in [2.75, 3.05) is 67.1 Å². The van der Waals surface area contributed by atoms with Crippen LogP contribution in [0.5, 0.6) is 0 Å². The number of hydrogen-bond donors (Lipinski definition) is 3. The van der Waals surface area contributed by atoms with Gasteiger partial charge in [0.05, 0.1) is 11.7 Å². The highest BCUT2D eigenvalue weighted by Gasteiger charge is 2.28. The van der Waals surface area contributed by atoms with E-state index in [1.807, 2.05) is 58.9 Å². The summed E-state index contributed by atoms with van der Waals surface area (Å²) in [7, 11) is 0. The molecule has 0 saturated carbocycles. The molecular weight excluding hydrogens is 795 g/mol. The first kappa shape index (κ1) is 41.7. The summed E-state index contributed by atoms with van der Waals surface area (Å²) in [4.78, 5) is 63.2. The van der Waals surface area contributed by atoms with Gasteiger partial charge in [-0.1, -0.05) is 50.2 Å². The predicted molar refractivity (Wildman–Crippen MR) is 244 cm³/mol. The van der Waals surface area contributed by atoms with Crippen molar-refractivity contribution in [3.8, 4) is 22.5 Å². The van der Waals surface area contributed by atoms with E-state index >= 15 is 0 Å². The number of urea groups is 1. The van der Waals surface area contributed by atoms with Crippen LogP contribution in [0.2, 0.25) is 0 Å². The van der Waals surface area contributed by atoms with E-state index in [1.165, 1.54) is 11.4 Å². The lowest BCUT2D eigenvalue weighted by Gasteiger charge is -2.40. The molecule has 3 saturated heterocycles. The van der Waals surface area contributed by atoms with E-state index < -0.39 is 5.91 Å². The summed E-state index contributed by atoms with van der Waals surface area (Å²) in [5.74, 6) is 0.487. The van der Waals surface area contributed by atoms with Gasteiger partial charge in [-0.15, -0.1) is 0 Å². The van der Waals surface area contributed by atoms with Crippen LogP contribution in [0.1, 0.15) is 80.6 Å². The average Bonchev–Trinajstić information content (AvgIpc) is 3.97. The highest BCUT2D eigenvalue weighted by molar-refractivity contribution is 6.05. The number of fused-ring (bicyclic) bond motifs is 1. The Hall–Kier alpha value is -6.61. The Morgan fingerprint density at radius 1 is 0.857 bits per heavy atom. The molecule has 6 heterocycles. The standard InChI is InChI=1S/C48H55N11O4/c1-30-25-34(9-14-38(30)31(2)51-44(61)45-54-46(55-63-45)48(3,4)5)42-39-27-40(52-43(39)50-29-49-42)33-7-6-8-37(26-33)58-23-21-56(22-24-58)28-32-15-18-57(19-16-32)35-10-12-36(13-11-35)59-20-17-41(60)53-47(59)62/h6-14,25-27,29,31-32H,15-24,28H2,1-5H3,(H,51,61)(H,49,50,52)(H,53,60,62)/t31-/m1/s1. The van der Waals surface area contributed by atoms with Crippen molar-refractivity contribution in [2.45, 2.75) is 65.3 Å². The van der Waals surface area contributed by atoms with Crippen LogP contribution >= 0.6 is 0 Å². The topological polar surface area (TPSA) is 169 Å². The minimum Gasteiger partial charge on any atom is -0.372 e. The fourth-order valence-corrected chi connectivity index (χ4v) is 9.04. The van der Waals surface area contributed by atoms with Crippen LogP contribution < -0.4 is 25.3 Å². The van der Waals surface area contributed by atoms with Crippen molar-refractivity contribution in [1.29, 1.82) is 0 Å². The third-order valence-corrected chi connectivity index (χ3v) is 12.7. The van der Waals surface area contributed by atoms with Gasteiger partial charge in [-0.25, -0.2) is 14.8 Å². The van der Waals surface area contributed by atoms with Crippen molar-refractivity contribution >= 4 is 45.9 Å². The first-order chi connectivity index (χ1) is 30.4. The number of carbonyl (C=O) groups is 3. The SMILES string of the molecule is Cc1cc(-c2ncnc3[nH]c(-c4cccc(N5CCN(CC6CCN(c7ccc(N8CCC(=O)NC8=O)cc7)CC6)CC5)c4)cc23)ccc1[C@@H](C)NC(=O)c1nc(C(C)(C)C)no1. The number of piperazine rings is 1. The summed E-state index contributed by atoms with van der Waals surface area (Å²) >= 11 is 0.